The highest BCUT2D eigenvalue weighted by molar-refractivity contribution is 14.0. The quantitative estimate of drug-likeness (QED) is 0.307. The first-order valence-corrected chi connectivity index (χ1v) is 11.8. The van der Waals surface area contributed by atoms with E-state index in [4.69, 9.17) is 4.74 Å². The topological polar surface area (TPSA) is 57.2 Å². The summed E-state index contributed by atoms with van der Waals surface area (Å²) in [4.78, 5) is 21.6. The van der Waals surface area contributed by atoms with Crippen LogP contribution in [0.25, 0.3) is 0 Å². The van der Waals surface area contributed by atoms with Crippen LogP contribution in [0.2, 0.25) is 0 Å². The molecule has 0 bridgehead atoms. The molecule has 0 radical (unpaired) electrons. The Hall–Kier alpha value is -0.380. The van der Waals surface area contributed by atoms with Crippen molar-refractivity contribution in [2.45, 2.75) is 76.7 Å². The van der Waals surface area contributed by atoms with Gasteiger partial charge in [0.2, 0.25) is 0 Å². The molecule has 1 heterocycles. The number of carbonyl (C=O) groups excluding carboxylic acids is 1. The molecular formula is C21H41IN4O2S. The summed E-state index contributed by atoms with van der Waals surface area (Å²) in [7, 11) is 1.85. The lowest BCUT2D eigenvalue weighted by Gasteiger charge is -2.40. The maximum absolute atomic E-state index is 12.8. The number of amides is 1. The first-order valence-electron chi connectivity index (χ1n) is 10.5. The Labute approximate surface area is 199 Å². The van der Waals surface area contributed by atoms with E-state index in [9.17, 15) is 4.79 Å². The van der Waals surface area contributed by atoms with Gasteiger partial charge >= 0.3 is 6.09 Å². The molecule has 2 aliphatic rings. The SMILES string of the molecule is CN=C(NCC(C)(C)SC)N1CCC(N(CC2CC2)C(=O)OC(C)(C)C)CC1.I. The molecule has 1 amide bonds. The van der Waals surface area contributed by atoms with Gasteiger partial charge in [0.15, 0.2) is 5.96 Å². The molecule has 0 aromatic rings. The van der Waals surface area contributed by atoms with Crippen molar-refractivity contribution in [3.63, 3.8) is 0 Å². The van der Waals surface area contributed by atoms with Gasteiger partial charge in [-0.3, -0.25) is 4.99 Å². The van der Waals surface area contributed by atoms with E-state index in [1.807, 2.05) is 44.5 Å². The van der Waals surface area contributed by atoms with Gasteiger partial charge in [0.25, 0.3) is 0 Å². The molecule has 0 aromatic carbocycles. The number of ether oxygens (including phenoxy) is 1. The minimum atomic E-state index is -0.449. The molecule has 0 spiro atoms. The van der Waals surface area contributed by atoms with E-state index in [0.29, 0.717) is 5.92 Å². The van der Waals surface area contributed by atoms with Crippen LogP contribution in [0.3, 0.4) is 0 Å². The Bertz CT molecular complexity index is 553. The highest BCUT2D eigenvalue weighted by atomic mass is 127. The average Bonchev–Trinajstić information content (AvgIpc) is 3.43. The van der Waals surface area contributed by atoms with Gasteiger partial charge in [-0.25, -0.2) is 4.79 Å². The van der Waals surface area contributed by atoms with E-state index in [1.54, 1.807) is 0 Å². The second-order valence-electron chi connectivity index (χ2n) is 9.66. The maximum Gasteiger partial charge on any atom is 0.410 e. The predicted octanol–water partition coefficient (Wildman–Crippen LogP) is 4.43. The van der Waals surface area contributed by atoms with Gasteiger partial charge in [-0.15, -0.1) is 24.0 Å². The summed E-state index contributed by atoms with van der Waals surface area (Å²) in [5.74, 6) is 1.63. The van der Waals surface area contributed by atoms with Crippen molar-refractivity contribution in [2.75, 3.05) is 39.5 Å². The highest BCUT2D eigenvalue weighted by Gasteiger charge is 2.35. The number of piperidine rings is 1. The van der Waals surface area contributed by atoms with Gasteiger partial charge in [-0.2, -0.15) is 11.8 Å². The molecular weight excluding hydrogens is 499 g/mol. The van der Waals surface area contributed by atoms with E-state index in [2.05, 4.69) is 35.3 Å². The van der Waals surface area contributed by atoms with Gasteiger partial charge in [-0.1, -0.05) is 0 Å². The number of nitrogens with zero attached hydrogens (tertiary/aromatic N) is 3. The minimum absolute atomic E-state index is 0. The second-order valence-corrected chi connectivity index (χ2v) is 11.2. The number of guanidine groups is 1. The van der Waals surface area contributed by atoms with Crippen LogP contribution < -0.4 is 5.32 Å². The zero-order chi connectivity index (χ0) is 20.9. The van der Waals surface area contributed by atoms with Crippen molar-refractivity contribution in [2.24, 2.45) is 10.9 Å². The Morgan fingerprint density at radius 1 is 1.17 bits per heavy atom. The molecule has 1 N–H and O–H groups in total. The molecule has 1 saturated carbocycles. The number of hydrogen-bond acceptors (Lipinski definition) is 4. The van der Waals surface area contributed by atoms with Gasteiger partial charge < -0.3 is 19.9 Å². The zero-order valence-electron chi connectivity index (χ0n) is 19.3. The summed E-state index contributed by atoms with van der Waals surface area (Å²) in [6.07, 6.45) is 6.38. The number of rotatable bonds is 6. The van der Waals surface area contributed by atoms with E-state index >= 15 is 0 Å². The summed E-state index contributed by atoms with van der Waals surface area (Å²) in [6.45, 7) is 13.8. The fourth-order valence-corrected chi connectivity index (χ4v) is 3.57. The molecule has 0 atom stereocenters. The summed E-state index contributed by atoms with van der Waals surface area (Å²) in [5, 5.41) is 3.52. The van der Waals surface area contributed by atoms with Crippen LogP contribution in [0.15, 0.2) is 4.99 Å². The average molecular weight is 541 g/mol. The van der Waals surface area contributed by atoms with Gasteiger partial charge in [0.1, 0.15) is 5.60 Å². The van der Waals surface area contributed by atoms with Crippen molar-refractivity contribution in [1.29, 1.82) is 0 Å². The molecule has 1 aliphatic heterocycles. The first-order chi connectivity index (χ1) is 13.0. The van der Waals surface area contributed by atoms with Crippen molar-refractivity contribution >= 4 is 47.8 Å². The lowest BCUT2D eigenvalue weighted by atomic mass is 10.0. The van der Waals surface area contributed by atoms with Gasteiger partial charge in [0, 0.05) is 44.0 Å². The monoisotopic (exact) mass is 540 g/mol. The normalized spacial score (nSPS) is 18.9. The lowest BCUT2D eigenvalue weighted by Crippen LogP contribution is -2.53. The molecule has 8 heteroatoms. The number of hydrogen-bond donors (Lipinski definition) is 1. The van der Waals surface area contributed by atoms with Crippen molar-refractivity contribution < 1.29 is 9.53 Å². The van der Waals surface area contributed by atoms with E-state index in [-0.39, 0.29) is 40.9 Å². The van der Waals surface area contributed by atoms with Crippen LogP contribution in [0.4, 0.5) is 4.79 Å². The number of halogens is 1. The van der Waals surface area contributed by atoms with Gasteiger partial charge in [-0.05, 0) is 72.5 Å². The molecule has 6 nitrogen and oxygen atoms in total. The van der Waals surface area contributed by atoms with Crippen molar-refractivity contribution in [3.05, 3.63) is 0 Å². The third-order valence-electron chi connectivity index (χ3n) is 5.42. The van der Waals surface area contributed by atoms with Crippen molar-refractivity contribution in [3.8, 4) is 0 Å². The third-order valence-corrected chi connectivity index (χ3v) is 6.67. The van der Waals surface area contributed by atoms with E-state index in [1.165, 1.54) is 12.8 Å². The van der Waals surface area contributed by atoms with Gasteiger partial charge in [0.05, 0.1) is 0 Å². The molecule has 170 valence electrons. The third kappa shape index (κ3) is 9.11. The minimum Gasteiger partial charge on any atom is -0.444 e. The van der Waals surface area contributed by atoms with Crippen LogP contribution in [-0.4, -0.2) is 77.7 Å². The van der Waals surface area contributed by atoms with Crippen LogP contribution in [0.1, 0.15) is 60.3 Å². The van der Waals surface area contributed by atoms with Crippen LogP contribution >= 0.6 is 35.7 Å². The number of nitrogens with one attached hydrogen (secondary N) is 1. The fourth-order valence-electron chi connectivity index (χ4n) is 3.36. The smallest absolute Gasteiger partial charge is 0.410 e. The summed E-state index contributed by atoms with van der Waals surface area (Å²) in [6, 6.07) is 0.257. The number of carbonyl (C=O) groups is 1. The number of aliphatic imine (C=N–C) groups is 1. The summed E-state index contributed by atoms with van der Waals surface area (Å²) >= 11 is 1.86. The molecule has 1 saturated heterocycles. The molecule has 29 heavy (non-hydrogen) atoms. The second kappa shape index (κ2) is 11.3. The number of thioether (sulfide) groups is 1. The number of likely N-dealkylation sites (tertiary alicyclic amines) is 1. The predicted molar refractivity (Wildman–Crippen MR) is 135 cm³/mol. The lowest BCUT2D eigenvalue weighted by molar-refractivity contribution is 0.00928. The van der Waals surface area contributed by atoms with Crippen LogP contribution in [0, 0.1) is 5.92 Å². The Morgan fingerprint density at radius 2 is 1.76 bits per heavy atom. The van der Waals surface area contributed by atoms with Crippen molar-refractivity contribution in [1.82, 2.24) is 15.1 Å². The Balaban J connectivity index is 0.00000420. The van der Waals surface area contributed by atoms with Crippen LogP contribution in [-0.2, 0) is 4.74 Å². The summed E-state index contributed by atoms with van der Waals surface area (Å²) < 4.78 is 5.87. The fraction of sp³-hybridized carbons (Fsp3) is 0.905. The maximum atomic E-state index is 12.8. The largest absolute Gasteiger partial charge is 0.444 e. The molecule has 2 fully saturated rings. The molecule has 1 aliphatic carbocycles. The highest BCUT2D eigenvalue weighted by Crippen LogP contribution is 2.32. The molecule has 2 rings (SSSR count). The standard InChI is InChI=1S/C21H40N4O2S.HI/c1-20(2,3)27-19(26)25(14-16-8-9-16)17-10-12-24(13-11-17)18(22-6)23-15-21(4,5)28-7;/h16-17H,8-15H2,1-7H3,(H,22,23);1H. The first kappa shape index (κ1) is 26.7. The zero-order valence-corrected chi connectivity index (χ0v) is 22.4. The van der Waals surface area contributed by atoms with Crippen LogP contribution in [0.5, 0.6) is 0 Å². The van der Waals surface area contributed by atoms with E-state index in [0.717, 1.165) is 45.0 Å². The molecule has 0 unspecified atom stereocenters. The Kier molecular flexibility index (Phi) is 10.4. The Morgan fingerprint density at radius 3 is 2.21 bits per heavy atom. The molecule has 0 aromatic heterocycles. The summed E-state index contributed by atoms with van der Waals surface area (Å²) in [5.41, 5.74) is -0.449. The van der Waals surface area contributed by atoms with E-state index < -0.39 is 5.60 Å².